The van der Waals surface area contributed by atoms with Crippen LogP contribution in [0.4, 0.5) is 0 Å². The smallest absolute Gasteiger partial charge is 0.325 e. The minimum atomic E-state index is -0.341. The summed E-state index contributed by atoms with van der Waals surface area (Å²) in [5.41, 5.74) is 0.603. The monoisotopic (exact) mass is 250 g/mol. The SMILES string of the molecule is CCOC(=O)CN(C(=O)c1cccn1C)C1CC1. The Morgan fingerprint density at radius 2 is 2.22 bits per heavy atom. The van der Waals surface area contributed by atoms with Crippen molar-refractivity contribution in [2.24, 2.45) is 7.05 Å². The van der Waals surface area contributed by atoms with Crippen molar-refractivity contribution in [3.8, 4) is 0 Å². The first-order valence-corrected chi connectivity index (χ1v) is 6.21. The Kier molecular flexibility index (Phi) is 3.69. The molecule has 0 radical (unpaired) electrons. The molecule has 1 heterocycles. The maximum absolute atomic E-state index is 12.3. The molecule has 18 heavy (non-hydrogen) atoms. The van der Waals surface area contributed by atoms with E-state index >= 15 is 0 Å². The van der Waals surface area contributed by atoms with Gasteiger partial charge in [-0.1, -0.05) is 0 Å². The molecule has 0 unspecified atom stereocenters. The Morgan fingerprint density at radius 3 is 2.72 bits per heavy atom. The van der Waals surface area contributed by atoms with Gasteiger partial charge in [-0.3, -0.25) is 9.59 Å². The highest BCUT2D eigenvalue weighted by atomic mass is 16.5. The highest BCUT2D eigenvalue weighted by Crippen LogP contribution is 2.28. The van der Waals surface area contributed by atoms with Gasteiger partial charge < -0.3 is 14.2 Å². The average Bonchev–Trinajstić information content (AvgIpc) is 3.08. The summed E-state index contributed by atoms with van der Waals surface area (Å²) in [6, 6.07) is 3.78. The standard InChI is InChI=1S/C13H18N2O3/c1-3-18-12(16)9-15(10-6-7-10)13(17)11-5-4-8-14(11)2/h4-5,8,10H,3,6-7,9H2,1-2H3. The number of esters is 1. The predicted molar refractivity (Wildman–Crippen MR) is 66.1 cm³/mol. The van der Waals surface area contributed by atoms with Crippen molar-refractivity contribution < 1.29 is 14.3 Å². The Hall–Kier alpha value is -1.78. The summed E-state index contributed by atoms with van der Waals surface area (Å²) in [4.78, 5) is 25.5. The van der Waals surface area contributed by atoms with Crippen LogP contribution >= 0.6 is 0 Å². The van der Waals surface area contributed by atoms with E-state index in [9.17, 15) is 9.59 Å². The number of ether oxygens (including phenoxy) is 1. The van der Waals surface area contributed by atoms with Crippen molar-refractivity contribution in [2.75, 3.05) is 13.2 Å². The minimum absolute atomic E-state index is 0.0442. The first-order chi connectivity index (χ1) is 8.63. The predicted octanol–water partition coefficient (Wildman–Crippen LogP) is 1.19. The number of carbonyl (C=O) groups is 2. The molecule has 1 aliphatic rings. The third-order valence-electron chi connectivity index (χ3n) is 3.02. The number of carbonyl (C=O) groups excluding carboxylic acids is 2. The van der Waals surface area contributed by atoms with Crippen LogP contribution in [0.5, 0.6) is 0 Å². The molecule has 2 rings (SSSR count). The van der Waals surface area contributed by atoms with E-state index in [0.29, 0.717) is 12.3 Å². The largest absolute Gasteiger partial charge is 0.465 e. The summed E-state index contributed by atoms with van der Waals surface area (Å²) in [5, 5.41) is 0. The van der Waals surface area contributed by atoms with Gasteiger partial charge in [0.1, 0.15) is 12.2 Å². The van der Waals surface area contributed by atoms with Gasteiger partial charge in [0.2, 0.25) is 0 Å². The van der Waals surface area contributed by atoms with Gasteiger partial charge in [0.25, 0.3) is 5.91 Å². The van der Waals surface area contributed by atoms with Crippen LogP contribution in [0.3, 0.4) is 0 Å². The maximum atomic E-state index is 12.3. The van der Waals surface area contributed by atoms with Crippen LogP contribution in [-0.2, 0) is 16.6 Å². The van der Waals surface area contributed by atoms with E-state index in [-0.39, 0.29) is 24.5 Å². The molecule has 1 aromatic rings. The lowest BCUT2D eigenvalue weighted by Crippen LogP contribution is -2.39. The number of rotatable bonds is 5. The third-order valence-corrected chi connectivity index (χ3v) is 3.02. The fraction of sp³-hybridized carbons (Fsp3) is 0.538. The van der Waals surface area contributed by atoms with Gasteiger partial charge in [0.05, 0.1) is 6.61 Å². The molecule has 0 atom stereocenters. The van der Waals surface area contributed by atoms with Crippen molar-refractivity contribution in [3.05, 3.63) is 24.0 Å². The van der Waals surface area contributed by atoms with Crippen LogP contribution in [0, 0.1) is 0 Å². The normalized spacial score (nSPS) is 14.3. The fourth-order valence-electron chi connectivity index (χ4n) is 1.93. The molecule has 0 aromatic carbocycles. The number of aryl methyl sites for hydroxylation is 1. The van der Waals surface area contributed by atoms with E-state index in [0.717, 1.165) is 12.8 Å². The highest BCUT2D eigenvalue weighted by Gasteiger charge is 2.35. The molecule has 1 amide bonds. The molecule has 98 valence electrons. The Balaban J connectivity index is 2.08. The van der Waals surface area contributed by atoms with E-state index in [1.807, 2.05) is 19.3 Å². The first kappa shape index (κ1) is 12.7. The van der Waals surface area contributed by atoms with E-state index in [2.05, 4.69) is 0 Å². The number of hydrogen-bond donors (Lipinski definition) is 0. The second-order valence-corrected chi connectivity index (χ2v) is 4.47. The van der Waals surface area contributed by atoms with Gasteiger partial charge in [-0.05, 0) is 31.9 Å². The van der Waals surface area contributed by atoms with Crippen molar-refractivity contribution in [1.82, 2.24) is 9.47 Å². The average molecular weight is 250 g/mol. The van der Waals surface area contributed by atoms with Gasteiger partial charge in [-0.25, -0.2) is 0 Å². The fourth-order valence-corrected chi connectivity index (χ4v) is 1.93. The molecule has 0 aliphatic heterocycles. The van der Waals surface area contributed by atoms with Crippen molar-refractivity contribution in [2.45, 2.75) is 25.8 Å². The first-order valence-electron chi connectivity index (χ1n) is 6.21. The molecule has 5 nitrogen and oxygen atoms in total. The van der Waals surface area contributed by atoms with Crippen LogP contribution in [0.15, 0.2) is 18.3 Å². The van der Waals surface area contributed by atoms with E-state index in [1.165, 1.54) is 0 Å². The summed E-state index contributed by atoms with van der Waals surface area (Å²) in [7, 11) is 1.82. The van der Waals surface area contributed by atoms with Crippen LogP contribution in [0.25, 0.3) is 0 Å². The molecule has 1 saturated carbocycles. The van der Waals surface area contributed by atoms with Crippen molar-refractivity contribution in [1.29, 1.82) is 0 Å². The van der Waals surface area contributed by atoms with Crippen LogP contribution < -0.4 is 0 Å². The lowest BCUT2D eigenvalue weighted by molar-refractivity contribution is -0.144. The minimum Gasteiger partial charge on any atom is -0.465 e. The molecule has 1 aromatic heterocycles. The zero-order valence-corrected chi connectivity index (χ0v) is 10.8. The molecule has 1 fully saturated rings. The van der Waals surface area contributed by atoms with E-state index in [1.54, 1.807) is 22.5 Å². The third kappa shape index (κ3) is 2.72. The Labute approximate surface area is 106 Å². The van der Waals surface area contributed by atoms with Gasteiger partial charge in [-0.15, -0.1) is 0 Å². The second-order valence-electron chi connectivity index (χ2n) is 4.47. The summed E-state index contributed by atoms with van der Waals surface area (Å²) in [6.45, 7) is 2.15. The van der Waals surface area contributed by atoms with E-state index in [4.69, 9.17) is 4.74 Å². The topological polar surface area (TPSA) is 51.5 Å². The van der Waals surface area contributed by atoms with Gasteiger partial charge >= 0.3 is 5.97 Å². The molecule has 0 N–H and O–H groups in total. The van der Waals surface area contributed by atoms with Crippen molar-refractivity contribution in [3.63, 3.8) is 0 Å². The molecule has 0 bridgehead atoms. The lowest BCUT2D eigenvalue weighted by atomic mass is 10.3. The lowest BCUT2D eigenvalue weighted by Gasteiger charge is -2.21. The number of nitrogens with zero attached hydrogens (tertiary/aromatic N) is 2. The molecule has 0 saturated heterocycles. The van der Waals surface area contributed by atoms with E-state index < -0.39 is 0 Å². The van der Waals surface area contributed by atoms with Crippen molar-refractivity contribution >= 4 is 11.9 Å². The molecular weight excluding hydrogens is 232 g/mol. The molecule has 5 heteroatoms. The number of hydrogen-bond acceptors (Lipinski definition) is 3. The van der Waals surface area contributed by atoms with Gasteiger partial charge in [-0.2, -0.15) is 0 Å². The number of amides is 1. The highest BCUT2D eigenvalue weighted by molar-refractivity contribution is 5.95. The summed E-state index contributed by atoms with van der Waals surface area (Å²) in [5.74, 6) is -0.440. The zero-order valence-electron chi connectivity index (χ0n) is 10.8. The zero-order chi connectivity index (χ0) is 13.1. The van der Waals surface area contributed by atoms with Crippen LogP contribution in [0.1, 0.15) is 30.3 Å². The molecular formula is C13H18N2O3. The molecule has 1 aliphatic carbocycles. The van der Waals surface area contributed by atoms with Gasteiger partial charge in [0.15, 0.2) is 0 Å². The number of aromatic nitrogens is 1. The summed E-state index contributed by atoms with van der Waals surface area (Å²) < 4.78 is 6.68. The van der Waals surface area contributed by atoms with Crippen LogP contribution in [-0.4, -0.2) is 40.5 Å². The summed E-state index contributed by atoms with van der Waals surface area (Å²) in [6.07, 6.45) is 3.76. The maximum Gasteiger partial charge on any atom is 0.325 e. The molecule has 0 spiro atoms. The Morgan fingerprint density at radius 1 is 1.50 bits per heavy atom. The Bertz CT molecular complexity index is 449. The summed E-state index contributed by atoms with van der Waals surface area (Å²) >= 11 is 0. The quantitative estimate of drug-likeness (QED) is 0.738. The van der Waals surface area contributed by atoms with Crippen LogP contribution in [0.2, 0.25) is 0 Å². The van der Waals surface area contributed by atoms with Gasteiger partial charge in [0, 0.05) is 19.3 Å². The second kappa shape index (κ2) is 5.25.